The molecule has 0 aliphatic rings. The van der Waals surface area contributed by atoms with Crippen molar-refractivity contribution in [3.8, 4) is 0 Å². The molecule has 0 aliphatic carbocycles. The predicted octanol–water partition coefficient (Wildman–Crippen LogP) is 3.13. The third kappa shape index (κ3) is 6.23. The molecule has 0 spiro atoms. The zero-order chi connectivity index (χ0) is 14.2. The van der Waals surface area contributed by atoms with Gasteiger partial charge in [-0.3, -0.25) is 4.79 Å². The molecule has 0 rings (SSSR count). The van der Waals surface area contributed by atoms with E-state index in [0.29, 0.717) is 25.0 Å². The molecule has 0 fully saturated rings. The van der Waals surface area contributed by atoms with Crippen LogP contribution in [0.15, 0.2) is 25.0 Å². The van der Waals surface area contributed by atoms with E-state index in [9.17, 15) is 9.59 Å². The minimum absolute atomic E-state index is 0.188. The number of hydrogen-bond acceptors (Lipinski definition) is 4. The Labute approximate surface area is 109 Å². The lowest BCUT2D eigenvalue weighted by atomic mass is 9.97. The Kier molecular flexibility index (Phi) is 7.01. The summed E-state index contributed by atoms with van der Waals surface area (Å²) in [5, 5.41) is 0. The Bertz CT molecular complexity index is 333. The van der Waals surface area contributed by atoms with Gasteiger partial charge in [-0.15, -0.1) is 0 Å². The summed E-state index contributed by atoms with van der Waals surface area (Å²) in [5.41, 5.74) is -0.669. The van der Waals surface area contributed by atoms with Gasteiger partial charge in [-0.05, 0) is 19.8 Å². The minimum Gasteiger partial charge on any atom is -0.456 e. The van der Waals surface area contributed by atoms with Crippen molar-refractivity contribution in [1.29, 1.82) is 0 Å². The number of ether oxygens (including phenoxy) is 2. The second-order valence-electron chi connectivity index (χ2n) is 4.29. The summed E-state index contributed by atoms with van der Waals surface area (Å²) >= 11 is 0. The second-order valence-corrected chi connectivity index (χ2v) is 4.29. The fourth-order valence-electron chi connectivity index (χ4n) is 1.24. The quantitative estimate of drug-likeness (QED) is 0.379. The van der Waals surface area contributed by atoms with Crippen LogP contribution in [0.4, 0.5) is 0 Å². The highest BCUT2D eigenvalue weighted by atomic mass is 16.6. The largest absolute Gasteiger partial charge is 0.456 e. The molecule has 0 aromatic rings. The van der Waals surface area contributed by atoms with Crippen molar-refractivity contribution in [3.63, 3.8) is 0 Å². The molecule has 4 heteroatoms. The molecule has 0 saturated carbocycles. The Morgan fingerprint density at radius 2 is 1.94 bits per heavy atom. The maximum atomic E-state index is 11.5. The van der Waals surface area contributed by atoms with Gasteiger partial charge in [0.1, 0.15) is 11.4 Å². The van der Waals surface area contributed by atoms with Gasteiger partial charge in [-0.2, -0.15) is 0 Å². The number of hydrogen-bond donors (Lipinski definition) is 0. The molecule has 0 bridgehead atoms. The summed E-state index contributed by atoms with van der Waals surface area (Å²) in [4.78, 5) is 22.7. The number of carbonyl (C=O) groups is 2. The molecule has 0 heterocycles. The first-order chi connectivity index (χ1) is 8.36. The third-order valence-electron chi connectivity index (χ3n) is 2.77. The van der Waals surface area contributed by atoms with Crippen LogP contribution in [0.5, 0.6) is 0 Å². The Balaban J connectivity index is 4.29. The van der Waals surface area contributed by atoms with E-state index in [0.717, 1.165) is 6.08 Å². The van der Waals surface area contributed by atoms with Gasteiger partial charge in [0.05, 0.1) is 0 Å². The van der Waals surface area contributed by atoms with Crippen LogP contribution in [0.25, 0.3) is 0 Å². The van der Waals surface area contributed by atoms with E-state index >= 15 is 0 Å². The van der Waals surface area contributed by atoms with E-state index < -0.39 is 11.6 Å². The average Bonchev–Trinajstić information content (AvgIpc) is 2.36. The van der Waals surface area contributed by atoms with Gasteiger partial charge in [0.25, 0.3) is 0 Å². The van der Waals surface area contributed by atoms with Crippen LogP contribution in [0, 0.1) is 0 Å². The number of carbonyl (C=O) groups excluding carboxylic acids is 2. The van der Waals surface area contributed by atoms with Gasteiger partial charge in [0.15, 0.2) is 0 Å². The summed E-state index contributed by atoms with van der Waals surface area (Å²) in [7, 11) is 0. The lowest BCUT2D eigenvalue weighted by Gasteiger charge is -2.27. The van der Waals surface area contributed by atoms with Gasteiger partial charge >= 0.3 is 11.9 Å². The van der Waals surface area contributed by atoms with Crippen molar-refractivity contribution in [2.45, 2.75) is 52.1 Å². The molecule has 0 N–H and O–H groups in total. The molecule has 1 atom stereocenters. The monoisotopic (exact) mass is 254 g/mol. The van der Waals surface area contributed by atoms with Crippen LogP contribution in [-0.2, 0) is 19.1 Å². The van der Waals surface area contributed by atoms with E-state index in [1.54, 1.807) is 6.92 Å². The SMILES string of the molecule is C=CC(=O)OC(C)(CC)CCC(=O)OC(=C)CC. The van der Waals surface area contributed by atoms with Crippen LogP contribution < -0.4 is 0 Å². The highest BCUT2D eigenvalue weighted by molar-refractivity contribution is 5.81. The smallest absolute Gasteiger partial charge is 0.330 e. The molecule has 1 unspecified atom stereocenters. The van der Waals surface area contributed by atoms with Crippen molar-refractivity contribution in [1.82, 2.24) is 0 Å². The van der Waals surface area contributed by atoms with Gasteiger partial charge in [-0.1, -0.05) is 27.0 Å². The highest BCUT2D eigenvalue weighted by Gasteiger charge is 2.27. The van der Waals surface area contributed by atoms with Crippen molar-refractivity contribution >= 4 is 11.9 Å². The summed E-state index contributed by atoms with van der Waals surface area (Å²) in [6.07, 6.45) is 2.94. The molecule has 0 radical (unpaired) electrons. The number of esters is 2. The van der Waals surface area contributed by atoms with Gasteiger partial charge < -0.3 is 9.47 Å². The van der Waals surface area contributed by atoms with Crippen LogP contribution >= 0.6 is 0 Å². The van der Waals surface area contributed by atoms with E-state index in [1.807, 2.05) is 13.8 Å². The molecule has 0 aromatic heterocycles. The number of rotatable bonds is 8. The van der Waals surface area contributed by atoms with Crippen molar-refractivity contribution in [2.75, 3.05) is 0 Å². The van der Waals surface area contributed by atoms with Crippen LogP contribution in [0.3, 0.4) is 0 Å². The highest BCUT2D eigenvalue weighted by Crippen LogP contribution is 2.22. The zero-order valence-electron chi connectivity index (χ0n) is 11.5. The van der Waals surface area contributed by atoms with Crippen LogP contribution in [0.2, 0.25) is 0 Å². The van der Waals surface area contributed by atoms with Crippen LogP contribution in [0.1, 0.15) is 46.5 Å². The second kappa shape index (κ2) is 7.69. The molecule has 4 nitrogen and oxygen atoms in total. The van der Waals surface area contributed by atoms with Crippen molar-refractivity contribution in [2.24, 2.45) is 0 Å². The average molecular weight is 254 g/mol. The molecule has 18 heavy (non-hydrogen) atoms. The van der Waals surface area contributed by atoms with E-state index in [1.165, 1.54) is 0 Å². The van der Waals surface area contributed by atoms with Crippen LogP contribution in [-0.4, -0.2) is 17.5 Å². The first-order valence-corrected chi connectivity index (χ1v) is 6.10. The fourth-order valence-corrected chi connectivity index (χ4v) is 1.24. The standard InChI is InChI=1S/C14H22O4/c1-6-11(4)17-13(16)9-10-14(5,8-3)18-12(15)7-2/h7H,2,4,6,8-10H2,1,3,5H3. The third-order valence-corrected chi connectivity index (χ3v) is 2.77. The number of allylic oxidation sites excluding steroid dienone is 1. The summed E-state index contributed by atoms with van der Waals surface area (Å²) < 4.78 is 10.2. The molecule has 102 valence electrons. The molecule has 0 saturated heterocycles. The molecular weight excluding hydrogens is 232 g/mol. The van der Waals surface area contributed by atoms with E-state index in [4.69, 9.17) is 9.47 Å². The van der Waals surface area contributed by atoms with E-state index in [2.05, 4.69) is 13.2 Å². The molecule has 0 aliphatic heterocycles. The molecule has 0 amide bonds. The van der Waals surface area contributed by atoms with Gasteiger partial charge in [0.2, 0.25) is 0 Å². The summed E-state index contributed by atoms with van der Waals surface area (Å²) in [6.45, 7) is 12.5. The van der Waals surface area contributed by atoms with Crippen molar-refractivity contribution in [3.05, 3.63) is 25.0 Å². The first-order valence-electron chi connectivity index (χ1n) is 6.10. The fraction of sp³-hybridized carbons (Fsp3) is 0.571. The van der Waals surface area contributed by atoms with Gasteiger partial charge in [0, 0.05) is 18.9 Å². The summed E-state index contributed by atoms with van der Waals surface area (Å²) in [6, 6.07) is 0. The topological polar surface area (TPSA) is 52.6 Å². The first kappa shape index (κ1) is 16.4. The lowest BCUT2D eigenvalue weighted by Crippen LogP contribution is -2.31. The Morgan fingerprint density at radius 3 is 2.39 bits per heavy atom. The maximum absolute atomic E-state index is 11.5. The summed E-state index contributed by atoms with van der Waals surface area (Å²) in [5.74, 6) is -0.386. The van der Waals surface area contributed by atoms with Crippen molar-refractivity contribution < 1.29 is 19.1 Å². The minimum atomic E-state index is -0.669. The lowest BCUT2D eigenvalue weighted by molar-refractivity contribution is -0.155. The van der Waals surface area contributed by atoms with Gasteiger partial charge in [-0.25, -0.2) is 4.79 Å². The normalized spacial score (nSPS) is 13.3. The van der Waals surface area contributed by atoms with E-state index in [-0.39, 0.29) is 12.4 Å². The molecular formula is C14H22O4. The Morgan fingerprint density at radius 1 is 1.33 bits per heavy atom. The maximum Gasteiger partial charge on any atom is 0.330 e. The zero-order valence-corrected chi connectivity index (χ0v) is 11.5. The predicted molar refractivity (Wildman–Crippen MR) is 69.7 cm³/mol. The molecule has 0 aromatic carbocycles. The Hall–Kier alpha value is -1.58.